The van der Waals surface area contributed by atoms with Gasteiger partial charge in [0.15, 0.2) is 0 Å². The van der Waals surface area contributed by atoms with Gasteiger partial charge in [-0.1, -0.05) is 32.8 Å². The summed E-state index contributed by atoms with van der Waals surface area (Å²) in [7, 11) is 0. The summed E-state index contributed by atoms with van der Waals surface area (Å²) < 4.78 is 14.3. The van der Waals surface area contributed by atoms with Crippen molar-refractivity contribution in [2.45, 2.75) is 59.5 Å². The number of hydrogen-bond acceptors (Lipinski definition) is 2. The van der Waals surface area contributed by atoms with Gasteiger partial charge in [0.05, 0.1) is 5.69 Å². The van der Waals surface area contributed by atoms with Crippen LogP contribution in [0.2, 0.25) is 0 Å². The molecule has 114 valence electrons. The summed E-state index contributed by atoms with van der Waals surface area (Å²) in [4.78, 5) is 2.17. The molecular formula is C17H29FN2. The van der Waals surface area contributed by atoms with E-state index in [2.05, 4.69) is 37.9 Å². The molecule has 1 aromatic rings. The van der Waals surface area contributed by atoms with E-state index in [1.807, 2.05) is 12.1 Å². The van der Waals surface area contributed by atoms with Crippen molar-refractivity contribution in [1.29, 1.82) is 0 Å². The van der Waals surface area contributed by atoms with Gasteiger partial charge in [0.25, 0.3) is 0 Å². The fourth-order valence-electron chi connectivity index (χ4n) is 2.35. The standard InChI is InChI=1S/C17H29FN2/c1-5-7-8-11-20(14(3)4)17-10-9-15(12-16(17)18)13-19-6-2/h9-10,12,14,19H,5-8,11,13H2,1-4H3. The minimum Gasteiger partial charge on any atom is -0.367 e. The Balaban J connectivity index is 2.80. The van der Waals surface area contributed by atoms with E-state index in [1.165, 1.54) is 12.8 Å². The van der Waals surface area contributed by atoms with Crippen LogP contribution in [0.5, 0.6) is 0 Å². The molecule has 0 fully saturated rings. The molecule has 0 aromatic heterocycles. The summed E-state index contributed by atoms with van der Waals surface area (Å²) >= 11 is 0. The summed E-state index contributed by atoms with van der Waals surface area (Å²) in [5.74, 6) is -0.106. The van der Waals surface area contributed by atoms with E-state index in [4.69, 9.17) is 0 Å². The lowest BCUT2D eigenvalue weighted by atomic mass is 10.1. The maximum Gasteiger partial charge on any atom is 0.146 e. The van der Waals surface area contributed by atoms with E-state index in [0.717, 1.165) is 37.3 Å². The van der Waals surface area contributed by atoms with Crippen LogP contribution in [-0.4, -0.2) is 19.1 Å². The highest BCUT2D eigenvalue weighted by Gasteiger charge is 2.14. The van der Waals surface area contributed by atoms with Crippen LogP contribution in [0.3, 0.4) is 0 Å². The highest BCUT2D eigenvalue weighted by molar-refractivity contribution is 5.50. The second kappa shape index (κ2) is 8.96. The van der Waals surface area contributed by atoms with Gasteiger partial charge >= 0.3 is 0 Å². The van der Waals surface area contributed by atoms with Gasteiger partial charge in [0.1, 0.15) is 5.82 Å². The van der Waals surface area contributed by atoms with Gasteiger partial charge in [-0.25, -0.2) is 4.39 Å². The summed E-state index contributed by atoms with van der Waals surface area (Å²) in [6.07, 6.45) is 3.51. The Labute approximate surface area is 123 Å². The average molecular weight is 280 g/mol. The van der Waals surface area contributed by atoms with Gasteiger partial charge in [-0.05, 0) is 44.5 Å². The third-order valence-electron chi connectivity index (χ3n) is 3.53. The van der Waals surface area contributed by atoms with E-state index in [0.29, 0.717) is 6.04 Å². The number of unbranched alkanes of at least 4 members (excludes halogenated alkanes) is 2. The van der Waals surface area contributed by atoms with Gasteiger partial charge in [-0.15, -0.1) is 0 Å². The molecule has 1 rings (SSSR count). The monoisotopic (exact) mass is 280 g/mol. The van der Waals surface area contributed by atoms with Crippen molar-refractivity contribution in [3.8, 4) is 0 Å². The molecule has 0 radical (unpaired) electrons. The first-order valence-corrected chi connectivity index (χ1v) is 7.85. The Morgan fingerprint density at radius 2 is 1.95 bits per heavy atom. The molecule has 0 aliphatic heterocycles. The van der Waals surface area contributed by atoms with E-state index in [-0.39, 0.29) is 5.82 Å². The number of hydrogen-bond donors (Lipinski definition) is 1. The molecule has 20 heavy (non-hydrogen) atoms. The molecule has 0 aliphatic rings. The third kappa shape index (κ3) is 5.12. The van der Waals surface area contributed by atoms with Crippen molar-refractivity contribution >= 4 is 5.69 Å². The second-order valence-corrected chi connectivity index (χ2v) is 5.56. The van der Waals surface area contributed by atoms with Crippen LogP contribution in [-0.2, 0) is 6.54 Å². The van der Waals surface area contributed by atoms with Crippen LogP contribution in [0.15, 0.2) is 18.2 Å². The zero-order chi connectivity index (χ0) is 15.0. The maximum atomic E-state index is 14.3. The van der Waals surface area contributed by atoms with Crippen LogP contribution in [0, 0.1) is 5.82 Å². The molecule has 0 spiro atoms. The largest absolute Gasteiger partial charge is 0.367 e. The molecule has 0 atom stereocenters. The predicted molar refractivity (Wildman–Crippen MR) is 85.8 cm³/mol. The Morgan fingerprint density at radius 3 is 2.50 bits per heavy atom. The first-order chi connectivity index (χ1) is 9.60. The second-order valence-electron chi connectivity index (χ2n) is 5.56. The molecule has 1 N–H and O–H groups in total. The number of anilines is 1. The van der Waals surface area contributed by atoms with Crippen LogP contribution in [0.25, 0.3) is 0 Å². The average Bonchev–Trinajstić information content (AvgIpc) is 2.42. The van der Waals surface area contributed by atoms with Crippen molar-refractivity contribution < 1.29 is 4.39 Å². The van der Waals surface area contributed by atoms with E-state index in [9.17, 15) is 4.39 Å². The molecule has 0 aliphatic carbocycles. The summed E-state index contributed by atoms with van der Waals surface area (Å²) in [6.45, 7) is 11.0. The minimum absolute atomic E-state index is 0.106. The SMILES string of the molecule is CCCCCN(c1ccc(CNCC)cc1F)C(C)C. The fourth-order valence-corrected chi connectivity index (χ4v) is 2.35. The first kappa shape index (κ1) is 17.0. The van der Waals surface area contributed by atoms with Crippen molar-refractivity contribution in [3.05, 3.63) is 29.6 Å². The third-order valence-corrected chi connectivity index (χ3v) is 3.53. The highest BCUT2D eigenvalue weighted by atomic mass is 19.1. The summed E-state index contributed by atoms with van der Waals surface area (Å²) in [5, 5.41) is 3.22. The van der Waals surface area contributed by atoms with E-state index >= 15 is 0 Å². The zero-order valence-corrected chi connectivity index (χ0v) is 13.4. The van der Waals surface area contributed by atoms with Crippen LogP contribution < -0.4 is 10.2 Å². The molecule has 0 unspecified atom stereocenters. The molecule has 0 heterocycles. The highest BCUT2D eigenvalue weighted by Crippen LogP contribution is 2.23. The van der Waals surface area contributed by atoms with Crippen LogP contribution in [0.4, 0.5) is 10.1 Å². The maximum absolute atomic E-state index is 14.3. The molecule has 0 bridgehead atoms. The Morgan fingerprint density at radius 1 is 1.20 bits per heavy atom. The fraction of sp³-hybridized carbons (Fsp3) is 0.647. The number of benzene rings is 1. The topological polar surface area (TPSA) is 15.3 Å². The van der Waals surface area contributed by atoms with Gasteiger partial charge in [-0.2, -0.15) is 0 Å². The van der Waals surface area contributed by atoms with Crippen LogP contribution >= 0.6 is 0 Å². The van der Waals surface area contributed by atoms with E-state index in [1.54, 1.807) is 6.07 Å². The van der Waals surface area contributed by atoms with Gasteiger partial charge in [-0.3, -0.25) is 0 Å². The molecule has 3 heteroatoms. The molecule has 2 nitrogen and oxygen atoms in total. The summed E-state index contributed by atoms with van der Waals surface area (Å²) in [6, 6.07) is 5.93. The number of nitrogens with one attached hydrogen (secondary N) is 1. The van der Waals surface area contributed by atoms with Crippen molar-refractivity contribution in [2.24, 2.45) is 0 Å². The zero-order valence-electron chi connectivity index (χ0n) is 13.4. The normalized spacial score (nSPS) is 11.1. The molecule has 0 amide bonds. The Bertz CT molecular complexity index is 391. The van der Waals surface area contributed by atoms with Gasteiger partial charge in [0, 0.05) is 19.1 Å². The summed E-state index contributed by atoms with van der Waals surface area (Å²) in [5.41, 5.74) is 1.74. The molecule has 0 saturated heterocycles. The lowest BCUT2D eigenvalue weighted by Gasteiger charge is -2.29. The minimum atomic E-state index is -0.106. The van der Waals surface area contributed by atoms with Crippen LogP contribution in [0.1, 0.15) is 52.5 Å². The Kier molecular flexibility index (Phi) is 7.60. The lowest BCUT2D eigenvalue weighted by Crippen LogP contribution is -2.32. The predicted octanol–water partition coefficient (Wildman–Crippen LogP) is 4.34. The quantitative estimate of drug-likeness (QED) is 0.677. The van der Waals surface area contributed by atoms with Gasteiger partial charge in [0.2, 0.25) is 0 Å². The molecular weight excluding hydrogens is 251 g/mol. The van der Waals surface area contributed by atoms with Crippen molar-refractivity contribution in [3.63, 3.8) is 0 Å². The number of halogens is 1. The molecule has 0 saturated carbocycles. The van der Waals surface area contributed by atoms with E-state index < -0.39 is 0 Å². The van der Waals surface area contributed by atoms with Crippen molar-refractivity contribution in [1.82, 2.24) is 5.32 Å². The first-order valence-electron chi connectivity index (χ1n) is 7.85. The van der Waals surface area contributed by atoms with Gasteiger partial charge < -0.3 is 10.2 Å². The number of nitrogens with zero attached hydrogens (tertiary/aromatic N) is 1. The smallest absolute Gasteiger partial charge is 0.146 e. The molecule has 1 aromatic carbocycles. The number of rotatable bonds is 9. The van der Waals surface area contributed by atoms with Crippen molar-refractivity contribution in [2.75, 3.05) is 18.0 Å². The Hall–Kier alpha value is -1.09. The lowest BCUT2D eigenvalue weighted by molar-refractivity contribution is 0.581.